The minimum Gasteiger partial charge on any atom is -0.272 e. The highest BCUT2D eigenvalue weighted by molar-refractivity contribution is 8.00. The Kier molecular flexibility index (Phi) is 7.18. The number of nitrogens with one attached hydrogen (secondary N) is 2. The first-order chi connectivity index (χ1) is 14.1. The van der Waals surface area contributed by atoms with Gasteiger partial charge in [-0.3, -0.25) is 25.1 Å². The Labute approximate surface area is 171 Å². The molecule has 0 bridgehead atoms. The predicted molar refractivity (Wildman–Crippen MR) is 110 cm³/mol. The van der Waals surface area contributed by atoms with Crippen molar-refractivity contribution in [1.82, 2.24) is 20.6 Å². The fourth-order valence-corrected chi connectivity index (χ4v) is 3.15. The molecule has 2 amide bonds. The third-order valence-corrected chi connectivity index (χ3v) is 4.84. The fraction of sp³-hybridized carbons (Fsp3) is 0.0952. The third-order valence-electron chi connectivity index (χ3n) is 3.79. The molecular formula is C21H19FN4O2S. The molecule has 29 heavy (non-hydrogen) atoms. The van der Waals surface area contributed by atoms with Gasteiger partial charge in [-0.05, 0) is 23.8 Å². The molecule has 8 heteroatoms. The Morgan fingerprint density at radius 2 is 1.83 bits per heavy atom. The zero-order valence-electron chi connectivity index (χ0n) is 15.4. The highest BCUT2D eigenvalue weighted by atomic mass is 32.2. The van der Waals surface area contributed by atoms with Crippen molar-refractivity contribution in [2.45, 2.75) is 11.4 Å². The molecule has 0 radical (unpaired) electrons. The maximum absolute atomic E-state index is 13.5. The summed E-state index contributed by atoms with van der Waals surface area (Å²) in [5, 5.41) is 4.25. The molecule has 2 N–H and O–H groups in total. The number of hydrogen-bond acceptors (Lipinski definition) is 4. The van der Waals surface area contributed by atoms with Crippen LogP contribution in [0.15, 0.2) is 78.0 Å². The molecule has 0 saturated carbocycles. The maximum atomic E-state index is 13.5. The van der Waals surface area contributed by atoms with Crippen LogP contribution in [0.2, 0.25) is 0 Å². The summed E-state index contributed by atoms with van der Waals surface area (Å²) in [6.45, 7) is 0.636. The van der Waals surface area contributed by atoms with Gasteiger partial charge in [0.2, 0.25) is 5.91 Å². The van der Waals surface area contributed by atoms with Crippen LogP contribution in [0.1, 0.15) is 11.1 Å². The molecule has 0 atom stereocenters. The normalized spacial score (nSPS) is 10.8. The van der Waals surface area contributed by atoms with Crippen LogP contribution in [0.5, 0.6) is 0 Å². The fourth-order valence-electron chi connectivity index (χ4n) is 2.41. The van der Waals surface area contributed by atoms with Crippen LogP contribution in [0.25, 0.3) is 6.08 Å². The van der Waals surface area contributed by atoms with Gasteiger partial charge < -0.3 is 0 Å². The van der Waals surface area contributed by atoms with Crippen LogP contribution < -0.4 is 10.9 Å². The van der Waals surface area contributed by atoms with Gasteiger partial charge in [-0.2, -0.15) is 5.10 Å². The summed E-state index contributed by atoms with van der Waals surface area (Å²) in [5.74, 6) is -1.32. The second-order valence-corrected chi connectivity index (χ2v) is 7.06. The van der Waals surface area contributed by atoms with E-state index in [9.17, 15) is 14.0 Å². The van der Waals surface area contributed by atoms with Gasteiger partial charge in [0.05, 0.1) is 18.5 Å². The van der Waals surface area contributed by atoms with Crippen LogP contribution in [0, 0.1) is 5.82 Å². The molecule has 3 rings (SSSR count). The minimum absolute atomic E-state index is 0.0167. The number of benzene rings is 2. The molecule has 0 aliphatic rings. The Hall–Kier alpha value is -3.39. The van der Waals surface area contributed by atoms with Crippen molar-refractivity contribution >= 4 is 29.7 Å². The topological polar surface area (TPSA) is 76.0 Å². The molecule has 0 spiro atoms. The smallest absolute Gasteiger partial charge is 0.262 e. The summed E-state index contributed by atoms with van der Waals surface area (Å²) in [7, 11) is 0. The maximum Gasteiger partial charge on any atom is 0.262 e. The van der Waals surface area contributed by atoms with E-state index in [4.69, 9.17) is 0 Å². The third kappa shape index (κ3) is 6.62. The number of rotatable bonds is 7. The van der Waals surface area contributed by atoms with Crippen molar-refractivity contribution in [3.63, 3.8) is 0 Å². The number of carbonyl (C=O) groups is 2. The lowest BCUT2D eigenvalue weighted by Gasteiger charge is -2.05. The SMILES string of the molecule is O=C(/C=C/c1cnn(Cc2ccccc2)c1)NNC(=O)CSc1ccccc1F. The number of aromatic nitrogens is 2. The van der Waals surface area contributed by atoms with Gasteiger partial charge >= 0.3 is 0 Å². The quantitative estimate of drug-likeness (QED) is 0.357. The Morgan fingerprint density at radius 3 is 2.62 bits per heavy atom. The van der Waals surface area contributed by atoms with Gasteiger partial charge in [0.1, 0.15) is 5.82 Å². The van der Waals surface area contributed by atoms with Crippen molar-refractivity contribution in [3.8, 4) is 0 Å². The van der Waals surface area contributed by atoms with Crippen LogP contribution in [-0.4, -0.2) is 27.3 Å². The minimum atomic E-state index is -0.481. The molecule has 0 aliphatic heterocycles. The molecule has 6 nitrogen and oxygen atoms in total. The van der Waals surface area contributed by atoms with Crippen LogP contribution in [0.3, 0.4) is 0 Å². The summed E-state index contributed by atoms with van der Waals surface area (Å²) >= 11 is 1.05. The molecule has 0 fully saturated rings. The zero-order chi connectivity index (χ0) is 20.5. The molecule has 0 saturated heterocycles. The van der Waals surface area contributed by atoms with E-state index >= 15 is 0 Å². The largest absolute Gasteiger partial charge is 0.272 e. The van der Waals surface area contributed by atoms with Crippen LogP contribution >= 0.6 is 11.8 Å². The summed E-state index contributed by atoms with van der Waals surface area (Å²) in [6.07, 6.45) is 6.37. The van der Waals surface area contributed by atoms with Crippen molar-refractivity contribution in [2.24, 2.45) is 0 Å². The number of thioether (sulfide) groups is 1. The number of amides is 2. The van der Waals surface area contributed by atoms with Gasteiger partial charge in [-0.15, -0.1) is 11.8 Å². The van der Waals surface area contributed by atoms with E-state index in [2.05, 4.69) is 16.0 Å². The number of halogens is 1. The number of hydrogen-bond donors (Lipinski definition) is 2. The molecule has 148 valence electrons. The highest BCUT2D eigenvalue weighted by Gasteiger charge is 2.07. The average Bonchev–Trinajstić information content (AvgIpc) is 3.18. The summed E-state index contributed by atoms with van der Waals surface area (Å²) in [6, 6.07) is 16.1. The zero-order valence-corrected chi connectivity index (χ0v) is 16.2. The Bertz CT molecular complexity index is 1000. The lowest BCUT2D eigenvalue weighted by atomic mass is 10.2. The van der Waals surface area contributed by atoms with Gasteiger partial charge in [-0.25, -0.2) is 4.39 Å². The standard InChI is InChI=1S/C21H19FN4O2S/c22-18-8-4-5-9-19(18)29-15-21(28)25-24-20(27)11-10-17-12-23-26(14-17)13-16-6-2-1-3-7-16/h1-12,14H,13,15H2,(H,24,27)(H,25,28)/b11-10+. The molecule has 0 aliphatic carbocycles. The van der Waals surface area contributed by atoms with Crippen molar-refractivity contribution in [1.29, 1.82) is 0 Å². The van der Waals surface area contributed by atoms with E-state index in [1.807, 2.05) is 36.5 Å². The predicted octanol–water partition coefficient (Wildman–Crippen LogP) is 3.02. The first-order valence-electron chi connectivity index (χ1n) is 8.81. The van der Waals surface area contributed by atoms with E-state index in [1.54, 1.807) is 35.2 Å². The molecule has 2 aromatic carbocycles. The number of carbonyl (C=O) groups excluding carboxylic acids is 2. The molecule has 0 unspecified atom stereocenters. The monoisotopic (exact) mass is 410 g/mol. The van der Waals surface area contributed by atoms with Gasteiger partial charge in [0, 0.05) is 22.7 Å². The van der Waals surface area contributed by atoms with E-state index in [0.29, 0.717) is 11.4 Å². The molecule has 1 heterocycles. The lowest BCUT2D eigenvalue weighted by Crippen LogP contribution is -2.41. The van der Waals surface area contributed by atoms with Gasteiger partial charge in [0.15, 0.2) is 0 Å². The molecule has 3 aromatic rings. The van der Waals surface area contributed by atoms with E-state index in [1.165, 1.54) is 12.1 Å². The van der Waals surface area contributed by atoms with Crippen molar-refractivity contribution in [3.05, 3.63) is 90.0 Å². The second kappa shape index (κ2) is 10.2. The van der Waals surface area contributed by atoms with E-state index in [0.717, 1.165) is 22.9 Å². The van der Waals surface area contributed by atoms with Crippen LogP contribution in [0.4, 0.5) is 4.39 Å². The first kappa shape index (κ1) is 20.3. The molecular weight excluding hydrogens is 391 g/mol. The average molecular weight is 410 g/mol. The summed E-state index contributed by atoms with van der Waals surface area (Å²) in [5.41, 5.74) is 6.47. The Balaban J connectivity index is 1.41. The van der Waals surface area contributed by atoms with Crippen molar-refractivity contribution in [2.75, 3.05) is 5.75 Å². The first-order valence-corrected chi connectivity index (χ1v) is 9.79. The summed E-state index contributed by atoms with van der Waals surface area (Å²) in [4.78, 5) is 24.0. The van der Waals surface area contributed by atoms with Crippen molar-refractivity contribution < 1.29 is 14.0 Å². The van der Waals surface area contributed by atoms with E-state index in [-0.39, 0.29) is 11.6 Å². The number of nitrogens with zero attached hydrogens (tertiary/aromatic N) is 2. The number of hydrazine groups is 1. The molecule has 1 aromatic heterocycles. The van der Waals surface area contributed by atoms with Crippen LogP contribution in [-0.2, 0) is 16.1 Å². The van der Waals surface area contributed by atoms with Gasteiger partial charge in [-0.1, -0.05) is 42.5 Å². The van der Waals surface area contributed by atoms with E-state index < -0.39 is 11.8 Å². The highest BCUT2D eigenvalue weighted by Crippen LogP contribution is 2.20. The lowest BCUT2D eigenvalue weighted by molar-refractivity contribution is -0.125. The second-order valence-electron chi connectivity index (χ2n) is 6.05. The van der Waals surface area contributed by atoms with Gasteiger partial charge in [0.25, 0.3) is 5.91 Å². The summed E-state index contributed by atoms with van der Waals surface area (Å²) < 4.78 is 15.3. The Morgan fingerprint density at radius 1 is 1.07 bits per heavy atom.